The molecule has 4 aromatic rings. The van der Waals surface area contributed by atoms with Crippen molar-refractivity contribution in [2.45, 2.75) is 13.0 Å². The van der Waals surface area contributed by atoms with Gasteiger partial charge in [-0.3, -0.25) is 4.79 Å². The van der Waals surface area contributed by atoms with Crippen LogP contribution in [0.5, 0.6) is 0 Å². The van der Waals surface area contributed by atoms with Crippen LogP contribution in [0.25, 0.3) is 21.5 Å². The van der Waals surface area contributed by atoms with Gasteiger partial charge in [-0.05, 0) is 35.9 Å². The molecule has 0 saturated carbocycles. The van der Waals surface area contributed by atoms with Gasteiger partial charge in [0.1, 0.15) is 17.4 Å². The second-order valence-electron chi connectivity index (χ2n) is 5.85. The van der Waals surface area contributed by atoms with Crippen LogP contribution < -0.4 is 0 Å². The quantitative estimate of drug-likeness (QED) is 0.520. The Bertz CT molecular complexity index is 1050. The summed E-state index contributed by atoms with van der Waals surface area (Å²) >= 11 is 1.44. The largest absolute Gasteiger partial charge is 0.459 e. The minimum atomic E-state index is -0.300. The minimum Gasteiger partial charge on any atom is -0.459 e. The van der Waals surface area contributed by atoms with E-state index in [9.17, 15) is 9.18 Å². The normalized spacial score (nSPS) is 11.0. The van der Waals surface area contributed by atoms with E-state index in [1.54, 1.807) is 12.1 Å². The van der Waals surface area contributed by atoms with Crippen molar-refractivity contribution in [2.24, 2.45) is 0 Å². The van der Waals surface area contributed by atoms with Crippen LogP contribution in [0.3, 0.4) is 0 Å². The standard InChI is InChI=1S/C20H15FN2O2S/c21-15-7-5-13(6-8-15)20-23-16(12-26-20)11-25-19(24)9-14-10-22-18-4-2-1-3-17(14)18/h1-8,10,12,22H,9,11H2. The van der Waals surface area contributed by atoms with E-state index in [1.807, 2.05) is 35.8 Å². The molecule has 2 aromatic carbocycles. The summed E-state index contributed by atoms with van der Waals surface area (Å²) < 4.78 is 18.3. The fraction of sp³-hybridized carbons (Fsp3) is 0.100. The van der Waals surface area contributed by atoms with E-state index in [4.69, 9.17) is 4.74 Å². The van der Waals surface area contributed by atoms with E-state index >= 15 is 0 Å². The number of halogens is 1. The Balaban J connectivity index is 1.38. The first-order valence-electron chi connectivity index (χ1n) is 8.10. The lowest BCUT2D eigenvalue weighted by Crippen LogP contribution is -2.07. The number of fused-ring (bicyclic) bond motifs is 1. The second-order valence-corrected chi connectivity index (χ2v) is 6.71. The number of nitrogens with one attached hydrogen (secondary N) is 1. The highest BCUT2D eigenvalue weighted by Gasteiger charge is 2.11. The maximum absolute atomic E-state index is 13.0. The third kappa shape index (κ3) is 3.50. The summed E-state index contributed by atoms with van der Waals surface area (Å²) in [5, 5.41) is 3.64. The number of hydrogen-bond donors (Lipinski definition) is 1. The molecule has 1 N–H and O–H groups in total. The molecule has 0 unspecified atom stereocenters. The fourth-order valence-corrected chi connectivity index (χ4v) is 3.55. The molecule has 4 rings (SSSR count). The lowest BCUT2D eigenvalue weighted by atomic mass is 10.1. The van der Waals surface area contributed by atoms with Crippen molar-refractivity contribution in [3.63, 3.8) is 0 Å². The van der Waals surface area contributed by atoms with Gasteiger partial charge >= 0.3 is 5.97 Å². The van der Waals surface area contributed by atoms with Gasteiger partial charge < -0.3 is 9.72 Å². The average Bonchev–Trinajstić information content (AvgIpc) is 3.28. The molecular weight excluding hydrogens is 351 g/mol. The molecule has 6 heteroatoms. The van der Waals surface area contributed by atoms with Gasteiger partial charge in [-0.1, -0.05) is 18.2 Å². The van der Waals surface area contributed by atoms with Crippen molar-refractivity contribution in [1.82, 2.24) is 9.97 Å². The van der Waals surface area contributed by atoms with E-state index in [-0.39, 0.29) is 24.8 Å². The lowest BCUT2D eigenvalue weighted by Gasteiger charge is -2.02. The maximum atomic E-state index is 13.0. The summed E-state index contributed by atoms with van der Waals surface area (Å²) in [4.78, 5) is 19.7. The zero-order chi connectivity index (χ0) is 17.9. The lowest BCUT2D eigenvalue weighted by molar-refractivity contribution is -0.144. The Labute approximate surface area is 153 Å². The van der Waals surface area contributed by atoms with Crippen LogP contribution >= 0.6 is 11.3 Å². The molecule has 0 aliphatic rings. The fourth-order valence-electron chi connectivity index (χ4n) is 2.74. The highest BCUT2D eigenvalue weighted by Crippen LogP contribution is 2.24. The average molecular weight is 366 g/mol. The summed E-state index contributed by atoms with van der Waals surface area (Å²) in [5.41, 5.74) is 3.43. The van der Waals surface area contributed by atoms with E-state index in [1.165, 1.54) is 23.5 Å². The third-order valence-corrected chi connectivity index (χ3v) is 4.97. The number of aromatic nitrogens is 2. The number of ether oxygens (including phenoxy) is 1. The number of aromatic amines is 1. The van der Waals surface area contributed by atoms with Gasteiger partial charge in [-0.25, -0.2) is 9.37 Å². The molecule has 2 heterocycles. The number of rotatable bonds is 5. The van der Waals surface area contributed by atoms with E-state index < -0.39 is 0 Å². The first kappa shape index (κ1) is 16.5. The molecule has 0 amide bonds. The zero-order valence-electron chi connectivity index (χ0n) is 13.7. The van der Waals surface area contributed by atoms with Crippen LogP contribution in [-0.4, -0.2) is 15.9 Å². The number of hydrogen-bond acceptors (Lipinski definition) is 4. The number of para-hydroxylation sites is 1. The molecule has 0 aliphatic carbocycles. The smallest absolute Gasteiger partial charge is 0.310 e. The molecule has 0 spiro atoms. The maximum Gasteiger partial charge on any atom is 0.310 e. The highest BCUT2D eigenvalue weighted by atomic mass is 32.1. The van der Waals surface area contributed by atoms with Gasteiger partial charge in [0.05, 0.1) is 12.1 Å². The van der Waals surface area contributed by atoms with Gasteiger partial charge in [0.15, 0.2) is 0 Å². The molecule has 0 radical (unpaired) electrons. The molecular formula is C20H15FN2O2S. The Morgan fingerprint density at radius 2 is 1.96 bits per heavy atom. The molecule has 26 heavy (non-hydrogen) atoms. The Morgan fingerprint density at radius 1 is 1.15 bits per heavy atom. The summed E-state index contributed by atoms with van der Waals surface area (Å²) in [6.07, 6.45) is 2.04. The predicted molar refractivity (Wildman–Crippen MR) is 99.3 cm³/mol. The third-order valence-electron chi connectivity index (χ3n) is 4.03. The topological polar surface area (TPSA) is 55.0 Å². The Kier molecular flexibility index (Phi) is 4.50. The molecule has 130 valence electrons. The van der Waals surface area contributed by atoms with Crippen molar-refractivity contribution in [3.8, 4) is 10.6 Å². The van der Waals surface area contributed by atoms with Gasteiger partial charge in [0.25, 0.3) is 0 Å². The number of H-pyrrole nitrogens is 1. The molecule has 0 fully saturated rings. The van der Waals surface area contributed by atoms with Crippen LogP contribution in [0.15, 0.2) is 60.1 Å². The van der Waals surface area contributed by atoms with Gasteiger partial charge in [0.2, 0.25) is 0 Å². The summed E-state index contributed by atoms with van der Waals surface area (Å²) in [6.45, 7) is 0.124. The highest BCUT2D eigenvalue weighted by molar-refractivity contribution is 7.13. The minimum absolute atomic E-state index is 0.124. The van der Waals surface area contributed by atoms with Crippen LogP contribution in [0.4, 0.5) is 4.39 Å². The molecule has 0 atom stereocenters. The van der Waals surface area contributed by atoms with Crippen molar-refractivity contribution in [1.29, 1.82) is 0 Å². The van der Waals surface area contributed by atoms with Crippen molar-refractivity contribution in [2.75, 3.05) is 0 Å². The number of benzene rings is 2. The van der Waals surface area contributed by atoms with Gasteiger partial charge in [-0.2, -0.15) is 0 Å². The molecule has 0 saturated heterocycles. The molecule has 2 aromatic heterocycles. The van der Waals surface area contributed by atoms with Crippen molar-refractivity contribution >= 4 is 28.2 Å². The summed E-state index contributed by atoms with van der Waals surface area (Å²) in [5.74, 6) is -0.581. The second kappa shape index (κ2) is 7.09. The van der Waals surface area contributed by atoms with E-state index in [2.05, 4.69) is 9.97 Å². The van der Waals surface area contributed by atoms with Crippen LogP contribution in [-0.2, 0) is 22.6 Å². The van der Waals surface area contributed by atoms with E-state index in [0.717, 1.165) is 27.0 Å². The number of carbonyl (C=O) groups excluding carboxylic acids is 1. The van der Waals surface area contributed by atoms with Crippen LogP contribution in [0.2, 0.25) is 0 Å². The first-order valence-corrected chi connectivity index (χ1v) is 8.98. The van der Waals surface area contributed by atoms with E-state index in [0.29, 0.717) is 5.69 Å². The number of esters is 1. The SMILES string of the molecule is O=C(Cc1c[nH]c2ccccc12)OCc1csc(-c2ccc(F)cc2)n1. The zero-order valence-corrected chi connectivity index (χ0v) is 14.6. The number of nitrogens with zero attached hydrogens (tertiary/aromatic N) is 1. The summed E-state index contributed by atoms with van der Waals surface area (Å²) in [7, 11) is 0. The first-order chi connectivity index (χ1) is 12.7. The molecule has 0 bridgehead atoms. The molecule has 4 nitrogen and oxygen atoms in total. The Hall–Kier alpha value is -2.99. The van der Waals surface area contributed by atoms with Crippen molar-refractivity contribution < 1.29 is 13.9 Å². The van der Waals surface area contributed by atoms with Crippen LogP contribution in [0.1, 0.15) is 11.3 Å². The monoisotopic (exact) mass is 366 g/mol. The van der Waals surface area contributed by atoms with Crippen LogP contribution in [0, 0.1) is 5.82 Å². The van der Waals surface area contributed by atoms with Gasteiger partial charge in [0, 0.05) is 28.0 Å². The summed E-state index contributed by atoms with van der Waals surface area (Å²) in [6, 6.07) is 14.0. The number of thiazole rings is 1. The molecule has 0 aliphatic heterocycles. The predicted octanol–water partition coefficient (Wildman–Crippen LogP) is 4.72. The van der Waals surface area contributed by atoms with Gasteiger partial charge in [-0.15, -0.1) is 11.3 Å². The Morgan fingerprint density at radius 3 is 2.81 bits per heavy atom. The van der Waals surface area contributed by atoms with Crippen molar-refractivity contribution in [3.05, 3.63) is 77.2 Å². The number of carbonyl (C=O) groups is 1.